The third-order valence-electron chi connectivity index (χ3n) is 4.93. The highest BCUT2D eigenvalue weighted by Gasteiger charge is 2.28. The molecule has 1 aliphatic rings. The summed E-state index contributed by atoms with van der Waals surface area (Å²) >= 11 is 0. The lowest BCUT2D eigenvalue weighted by Crippen LogP contribution is -2.45. The average Bonchev–Trinajstić information content (AvgIpc) is 3.23. The first-order valence-corrected chi connectivity index (χ1v) is 9.90. The first kappa shape index (κ1) is 20.9. The molecule has 1 amide bonds. The van der Waals surface area contributed by atoms with Gasteiger partial charge in [-0.15, -0.1) is 0 Å². The van der Waals surface area contributed by atoms with Gasteiger partial charge in [-0.05, 0) is 25.0 Å². The summed E-state index contributed by atoms with van der Waals surface area (Å²) in [4.78, 5) is 21.7. The molecule has 0 spiro atoms. The summed E-state index contributed by atoms with van der Waals surface area (Å²) in [6, 6.07) is 5.48. The van der Waals surface area contributed by atoms with Crippen LogP contribution in [0, 0.1) is 5.82 Å². The first-order valence-electron chi connectivity index (χ1n) is 9.90. The maximum absolute atomic E-state index is 15.0. The largest absolute Gasteiger partial charge is 0.473 e. The fraction of sp³-hybridized carbons (Fsp3) is 0.400. The predicted octanol–water partition coefficient (Wildman–Crippen LogP) is 0.664. The molecule has 4 heterocycles. The lowest BCUT2D eigenvalue weighted by atomic mass is 10.1. The van der Waals surface area contributed by atoms with E-state index in [0.29, 0.717) is 30.5 Å². The molecule has 10 nitrogen and oxygen atoms in total. The molecule has 0 bridgehead atoms. The van der Waals surface area contributed by atoms with Crippen LogP contribution in [0.25, 0.3) is 16.9 Å². The lowest BCUT2D eigenvalue weighted by molar-refractivity contribution is -0.136. The van der Waals surface area contributed by atoms with E-state index < -0.39 is 24.4 Å². The SMILES string of the molecule is O=C(CO)N1CCC[C@@H](Oc2nc(-c3cnn4ccccc34)nc(OCCO)c2F)C1. The molecule has 4 rings (SSSR count). The van der Waals surface area contributed by atoms with Crippen molar-refractivity contribution >= 4 is 11.4 Å². The minimum Gasteiger partial charge on any atom is -0.473 e. The van der Waals surface area contributed by atoms with E-state index in [1.165, 1.54) is 4.90 Å². The summed E-state index contributed by atoms with van der Waals surface area (Å²) in [5.41, 5.74) is 1.27. The molecule has 2 N–H and O–H groups in total. The van der Waals surface area contributed by atoms with Crippen molar-refractivity contribution in [2.45, 2.75) is 18.9 Å². The predicted molar refractivity (Wildman–Crippen MR) is 106 cm³/mol. The number of piperidine rings is 1. The number of amides is 1. The van der Waals surface area contributed by atoms with Crippen LogP contribution in [-0.4, -0.2) is 79.6 Å². The van der Waals surface area contributed by atoms with Crippen molar-refractivity contribution in [2.24, 2.45) is 0 Å². The Labute approximate surface area is 176 Å². The number of aliphatic hydroxyl groups is 2. The second-order valence-corrected chi connectivity index (χ2v) is 7.01. The maximum Gasteiger partial charge on any atom is 0.258 e. The summed E-state index contributed by atoms with van der Waals surface area (Å²) < 4.78 is 27.7. The number of nitrogens with zero attached hydrogens (tertiary/aromatic N) is 5. The van der Waals surface area contributed by atoms with E-state index in [1.54, 1.807) is 16.9 Å². The van der Waals surface area contributed by atoms with E-state index in [-0.39, 0.29) is 37.3 Å². The minimum absolute atomic E-state index is 0.149. The fourth-order valence-corrected chi connectivity index (χ4v) is 3.47. The lowest BCUT2D eigenvalue weighted by Gasteiger charge is -2.32. The molecule has 0 radical (unpaired) electrons. The number of hydrogen-bond acceptors (Lipinski definition) is 8. The number of halogens is 1. The van der Waals surface area contributed by atoms with Gasteiger partial charge in [-0.3, -0.25) is 4.79 Å². The highest BCUT2D eigenvalue weighted by Crippen LogP contribution is 2.30. The summed E-state index contributed by atoms with van der Waals surface area (Å²) in [7, 11) is 0. The number of likely N-dealkylation sites (tertiary alicyclic amines) is 1. The monoisotopic (exact) mass is 431 g/mol. The second kappa shape index (κ2) is 9.23. The Kier molecular flexibility index (Phi) is 6.23. The van der Waals surface area contributed by atoms with Gasteiger partial charge < -0.3 is 24.6 Å². The summed E-state index contributed by atoms with van der Waals surface area (Å²) in [6.07, 6.45) is 4.06. The average molecular weight is 431 g/mol. The molecule has 1 atom stereocenters. The van der Waals surface area contributed by atoms with Gasteiger partial charge in [-0.1, -0.05) is 6.07 Å². The smallest absolute Gasteiger partial charge is 0.258 e. The molecule has 0 aliphatic carbocycles. The Bertz CT molecular complexity index is 1080. The molecule has 0 unspecified atom stereocenters. The Hall–Kier alpha value is -3.31. The molecule has 3 aromatic rings. The van der Waals surface area contributed by atoms with Gasteiger partial charge in [0.1, 0.15) is 19.3 Å². The molecule has 0 saturated carbocycles. The van der Waals surface area contributed by atoms with Crippen LogP contribution in [0.5, 0.6) is 11.8 Å². The zero-order valence-corrected chi connectivity index (χ0v) is 16.6. The van der Waals surface area contributed by atoms with E-state index in [4.69, 9.17) is 19.7 Å². The number of pyridine rings is 1. The standard InChI is InChI=1S/C20H22FN5O5/c21-17-19(30-9-8-27)23-18(14-10-22-26-7-2-1-5-15(14)26)24-20(17)31-13-4-3-6-25(11-13)16(29)12-28/h1-2,5,7,10,13,27-28H,3-4,6,8-9,11-12H2/t13-/m1/s1. The van der Waals surface area contributed by atoms with Gasteiger partial charge in [0.2, 0.25) is 11.7 Å². The summed E-state index contributed by atoms with van der Waals surface area (Å²) in [6.45, 7) is -0.339. The van der Waals surface area contributed by atoms with Gasteiger partial charge in [0.05, 0.1) is 30.4 Å². The van der Waals surface area contributed by atoms with Crippen LogP contribution in [0.3, 0.4) is 0 Å². The molecule has 0 aromatic carbocycles. The number of carbonyl (C=O) groups is 1. The number of carbonyl (C=O) groups excluding carboxylic acids is 1. The van der Waals surface area contributed by atoms with Crippen LogP contribution >= 0.6 is 0 Å². The van der Waals surface area contributed by atoms with Crippen molar-refractivity contribution in [1.82, 2.24) is 24.5 Å². The number of fused-ring (bicyclic) bond motifs is 1. The third kappa shape index (κ3) is 4.42. The van der Waals surface area contributed by atoms with E-state index in [2.05, 4.69) is 15.1 Å². The van der Waals surface area contributed by atoms with E-state index >= 15 is 4.39 Å². The van der Waals surface area contributed by atoms with Gasteiger partial charge in [-0.2, -0.15) is 19.5 Å². The molecule has 31 heavy (non-hydrogen) atoms. The van der Waals surface area contributed by atoms with E-state index in [9.17, 15) is 4.79 Å². The number of aromatic nitrogens is 4. The normalized spacial score (nSPS) is 16.5. The highest BCUT2D eigenvalue weighted by molar-refractivity contribution is 5.77. The first-order chi connectivity index (χ1) is 15.1. The zero-order valence-electron chi connectivity index (χ0n) is 16.6. The minimum atomic E-state index is -0.890. The molecule has 3 aromatic heterocycles. The van der Waals surface area contributed by atoms with Gasteiger partial charge in [0.25, 0.3) is 11.8 Å². The Balaban J connectivity index is 1.68. The van der Waals surface area contributed by atoms with Crippen LogP contribution < -0.4 is 9.47 Å². The highest BCUT2D eigenvalue weighted by atomic mass is 19.1. The molecular weight excluding hydrogens is 409 g/mol. The maximum atomic E-state index is 15.0. The number of hydrogen-bond donors (Lipinski definition) is 2. The van der Waals surface area contributed by atoms with Crippen molar-refractivity contribution < 1.29 is 28.9 Å². The summed E-state index contributed by atoms with van der Waals surface area (Å²) in [5.74, 6) is -1.79. The molecule has 1 saturated heterocycles. The van der Waals surface area contributed by atoms with E-state index in [1.807, 2.05) is 18.2 Å². The Morgan fingerprint density at radius 3 is 2.90 bits per heavy atom. The van der Waals surface area contributed by atoms with Crippen molar-refractivity contribution in [3.8, 4) is 23.1 Å². The Morgan fingerprint density at radius 1 is 1.26 bits per heavy atom. The van der Waals surface area contributed by atoms with E-state index in [0.717, 1.165) is 0 Å². The molecule has 11 heteroatoms. The zero-order chi connectivity index (χ0) is 21.8. The summed E-state index contributed by atoms with van der Waals surface area (Å²) in [5, 5.41) is 22.4. The molecule has 1 fully saturated rings. The number of ether oxygens (including phenoxy) is 2. The quantitative estimate of drug-likeness (QED) is 0.560. The van der Waals surface area contributed by atoms with Crippen molar-refractivity contribution in [1.29, 1.82) is 0 Å². The molecular formula is C20H22FN5O5. The van der Waals surface area contributed by atoms with Gasteiger partial charge >= 0.3 is 0 Å². The van der Waals surface area contributed by atoms with Crippen LogP contribution in [0.15, 0.2) is 30.6 Å². The fourth-order valence-electron chi connectivity index (χ4n) is 3.47. The second-order valence-electron chi connectivity index (χ2n) is 7.01. The topological polar surface area (TPSA) is 122 Å². The van der Waals surface area contributed by atoms with Gasteiger partial charge in [-0.25, -0.2) is 4.52 Å². The van der Waals surface area contributed by atoms with Crippen molar-refractivity contribution in [3.63, 3.8) is 0 Å². The van der Waals surface area contributed by atoms with Gasteiger partial charge in [0.15, 0.2) is 5.82 Å². The molecule has 1 aliphatic heterocycles. The van der Waals surface area contributed by atoms with Crippen LogP contribution in [0.4, 0.5) is 4.39 Å². The molecule has 164 valence electrons. The van der Waals surface area contributed by atoms with Crippen LogP contribution in [-0.2, 0) is 4.79 Å². The van der Waals surface area contributed by atoms with Crippen molar-refractivity contribution in [2.75, 3.05) is 32.9 Å². The third-order valence-corrected chi connectivity index (χ3v) is 4.93. The Morgan fingerprint density at radius 2 is 2.10 bits per heavy atom. The van der Waals surface area contributed by atoms with Crippen molar-refractivity contribution in [3.05, 3.63) is 36.4 Å². The van der Waals surface area contributed by atoms with Crippen LogP contribution in [0.2, 0.25) is 0 Å². The number of rotatable bonds is 7. The van der Waals surface area contributed by atoms with Gasteiger partial charge in [0, 0.05) is 12.7 Å². The number of aliphatic hydroxyl groups excluding tert-OH is 2. The van der Waals surface area contributed by atoms with Crippen LogP contribution in [0.1, 0.15) is 12.8 Å².